The van der Waals surface area contributed by atoms with Gasteiger partial charge in [0.15, 0.2) is 0 Å². The molecule has 146 valence electrons. The van der Waals surface area contributed by atoms with E-state index < -0.39 is 5.92 Å². The van der Waals surface area contributed by atoms with Crippen LogP contribution in [0, 0.1) is 0 Å². The van der Waals surface area contributed by atoms with Gasteiger partial charge >= 0.3 is 0 Å². The van der Waals surface area contributed by atoms with Gasteiger partial charge in [-0.2, -0.15) is 4.99 Å². The lowest BCUT2D eigenvalue weighted by molar-refractivity contribution is -0.120. The predicted octanol–water partition coefficient (Wildman–Crippen LogP) is 0.958. The molecule has 1 aromatic carbocycles. The highest BCUT2D eigenvalue weighted by Gasteiger charge is 2.36. The lowest BCUT2D eigenvalue weighted by Gasteiger charge is -2.32. The van der Waals surface area contributed by atoms with E-state index >= 15 is 0 Å². The molecule has 2 aromatic rings. The Morgan fingerprint density at radius 2 is 2.11 bits per heavy atom. The summed E-state index contributed by atoms with van der Waals surface area (Å²) in [5.74, 6) is 0.469. The monoisotopic (exact) mass is 398 g/mol. The minimum absolute atomic E-state index is 0.111. The SMILES string of the molecule is O=C1NC(N2CCOCC2)=NC(=NC2CCNC2)C1c1nc2ccccc2s1. The average Bonchev–Trinajstić information content (AvgIpc) is 3.37. The van der Waals surface area contributed by atoms with E-state index in [1.54, 1.807) is 0 Å². The minimum atomic E-state index is -0.567. The number of thiazole rings is 1. The number of amides is 1. The fourth-order valence-electron chi connectivity index (χ4n) is 3.70. The first-order valence-electron chi connectivity index (χ1n) is 9.64. The van der Waals surface area contributed by atoms with Crippen LogP contribution in [0.2, 0.25) is 0 Å². The molecule has 3 aliphatic heterocycles. The number of aromatic nitrogens is 1. The number of hydrogen-bond acceptors (Lipinski definition) is 7. The van der Waals surface area contributed by atoms with Gasteiger partial charge in [-0.15, -0.1) is 11.3 Å². The molecule has 8 nitrogen and oxygen atoms in total. The van der Waals surface area contributed by atoms with E-state index in [1.807, 2.05) is 24.3 Å². The molecule has 4 heterocycles. The molecule has 2 atom stereocenters. The number of carbonyl (C=O) groups is 1. The van der Waals surface area contributed by atoms with Crippen molar-refractivity contribution in [3.63, 3.8) is 0 Å². The highest BCUT2D eigenvalue weighted by Crippen LogP contribution is 2.31. The van der Waals surface area contributed by atoms with Crippen molar-refractivity contribution >= 4 is 39.3 Å². The number of fused-ring (bicyclic) bond motifs is 1. The van der Waals surface area contributed by atoms with Crippen LogP contribution in [-0.4, -0.2) is 73.0 Å². The van der Waals surface area contributed by atoms with Gasteiger partial charge in [0.25, 0.3) is 0 Å². The maximum absolute atomic E-state index is 13.1. The number of aliphatic imine (C=N–C) groups is 2. The molecule has 2 fully saturated rings. The number of amidine groups is 1. The van der Waals surface area contributed by atoms with Crippen molar-refractivity contribution in [3.05, 3.63) is 29.3 Å². The molecular formula is C19H22N6O2S. The summed E-state index contributed by atoms with van der Waals surface area (Å²) in [6, 6.07) is 8.08. The van der Waals surface area contributed by atoms with Crippen molar-refractivity contribution in [2.24, 2.45) is 9.98 Å². The minimum Gasteiger partial charge on any atom is -0.378 e. The van der Waals surface area contributed by atoms with Gasteiger partial charge in [-0.25, -0.2) is 4.98 Å². The first kappa shape index (κ1) is 17.7. The Kier molecular flexibility index (Phi) is 4.79. The number of morpholine rings is 1. The summed E-state index contributed by atoms with van der Waals surface area (Å²) in [6.45, 7) is 4.45. The Morgan fingerprint density at radius 3 is 2.89 bits per heavy atom. The molecule has 28 heavy (non-hydrogen) atoms. The first-order valence-corrected chi connectivity index (χ1v) is 10.5. The summed E-state index contributed by atoms with van der Waals surface area (Å²) < 4.78 is 6.48. The van der Waals surface area contributed by atoms with Gasteiger partial charge < -0.3 is 15.0 Å². The van der Waals surface area contributed by atoms with E-state index in [2.05, 4.69) is 15.5 Å². The highest BCUT2D eigenvalue weighted by molar-refractivity contribution is 7.18. The molecule has 2 saturated heterocycles. The van der Waals surface area contributed by atoms with Crippen molar-refractivity contribution in [2.75, 3.05) is 39.4 Å². The van der Waals surface area contributed by atoms with Gasteiger partial charge in [0.2, 0.25) is 11.9 Å². The Hall–Kier alpha value is -2.36. The molecule has 0 spiro atoms. The van der Waals surface area contributed by atoms with E-state index in [0.717, 1.165) is 34.7 Å². The van der Waals surface area contributed by atoms with Gasteiger partial charge in [0, 0.05) is 19.6 Å². The summed E-state index contributed by atoms with van der Waals surface area (Å²) in [5.41, 5.74) is 0.903. The maximum atomic E-state index is 13.1. The Labute approximate surface area is 166 Å². The Morgan fingerprint density at radius 1 is 1.25 bits per heavy atom. The van der Waals surface area contributed by atoms with Crippen LogP contribution in [0.15, 0.2) is 34.3 Å². The molecule has 2 unspecified atom stereocenters. The number of nitrogens with zero attached hydrogens (tertiary/aromatic N) is 4. The second-order valence-corrected chi connectivity index (χ2v) is 8.17. The topological polar surface area (TPSA) is 91.2 Å². The smallest absolute Gasteiger partial charge is 0.244 e. The molecule has 5 rings (SSSR count). The standard InChI is InChI=1S/C19H22N6O2S/c26-17-15(18-22-13-3-1-2-4-14(13)28-18)16(21-12-5-6-20-11-12)23-19(24-17)25-7-9-27-10-8-25/h1-4,12,15,20H,5-11H2,(H,21,23,24,26). The van der Waals surface area contributed by atoms with Crippen molar-refractivity contribution in [3.8, 4) is 0 Å². The number of para-hydroxylation sites is 1. The molecule has 0 saturated carbocycles. The number of hydrogen-bond donors (Lipinski definition) is 2. The molecule has 0 aliphatic carbocycles. The average molecular weight is 398 g/mol. The van der Waals surface area contributed by atoms with Crippen molar-refractivity contribution in [1.29, 1.82) is 0 Å². The fourth-order valence-corrected chi connectivity index (χ4v) is 4.77. The van der Waals surface area contributed by atoms with E-state index in [4.69, 9.17) is 19.7 Å². The number of benzene rings is 1. The van der Waals surface area contributed by atoms with Crippen LogP contribution < -0.4 is 10.6 Å². The third kappa shape index (κ3) is 3.41. The Balaban J connectivity index is 1.54. The van der Waals surface area contributed by atoms with Crippen LogP contribution in [-0.2, 0) is 9.53 Å². The number of carbonyl (C=O) groups excluding carboxylic acids is 1. The molecule has 2 N–H and O–H groups in total. The normalized spacial score (nSPS) is 27.3. The van der Waals surface area contributed by atoms with Crippen molar-refractivity contribution < 1.29 is 9.53 Å². The zero-order chi connectivity index (χ0) is 18.9. The molecular weight excluding hydrogens is 376 g/mol. The van der Waals surface area contributed by atoms with Crippen LogP contribution in [0.5, 0.6) is 0 Å². The number of rotatable bonds is 2. The highest BCUT2D eigenvalue weighted by atomic mass is 32.1. The third-order valence-corrected chi connectivity index (χ3v) is 6.29. The zero-order valence-corrected chi connectivity index (χ0v) is 16.2. The number of ether oxygens (including phenoxy) is 1. The largest absolute Gasteiger partial charge is 0.378 e. The predicted molar refractivity (Wildman–Crippen MR) is 109 cm³/mol. The van der Waals surface area contributed by atoms with Crippen molar-refractivity contribution in [2.45, 2.75) is 18.4 Å². The van der Waals surface area contributed by atoms with Gasteiger partial charge in [0.1, 0.15) is 16.8 Å². The molecule has 0 bridgehead atoms. The van der Waals surface area contributed by atoms with Gasteiger partial charge in [-0.1, -0.05) is 12.1 Å². The maximum Gasteiger partial charge on any atom is 0.244 e. The fraction of sp³-hybridized carbons (Fsp3) is 0.474. The molecule has 1 amide bonds. The summed E-state index contributed by atoms with van der Waals surface area (Å²) in [6.07, 6.45) is 0.958. The summed E-state index contributed by atoms with van der Waals surface area (Å²) in [4.78, 5) is 29.6. The second-order valence-electron chi connectivity index (χ2n) is 7.11. The van der Waals surface area contributed by atoms with Crippen LogP contribution in [0.3, 0.4) is 0 Å². The Bertz CT molecular complexity index is 910. The first-order chi connectivity index (χ1) is 13.8. The van der Waals surface area contributed by atoms with Crippen LogP contribution in [0.4, 0.5) is 0 Å². The van der Waals surface area contributed by atoms with Crippen LogP contribution >= 0.6 is 11.3 Å². The summed E-state index contributed by atoms with van der Waals surface area (Å²) >= 11 is 1.53. The van der Waals surface area contributed by atoms with Gasteiger partial charge in [0.05, 0.1) is 29.5 Å². The second kappa shape index (κ2) is 7.57. The zero-order valence-electron chi connectivity index (χ0n) is 15.4. The van der Waals surface area contributed by atoms with E-state index in [9.17, 15) is 4.79 Å². The van der Waals surface area contributed by atoms with E-state index in [0.29, 0.717) is 38.1 Å². The summed E-state index contributed by atoms with van der Waals surface area (Å²) in [7, 11) is 0. The molecule has 1 aromatic heterocycles. The van der Waals surface area contributed by atoms with Crippen molar-refractivity contribution in [1.82, 2.24) is 20.5 Å². The molecule has 9 heteroatoms. The van der Waals surface area contributed by atoms with Gasteiger partial charge in [-0.3, -0.25) is 15.1 Å². The quantitative estimate of drug-likeness (QED) is 0.786. The number of guanidine groups is 1. The van der Waals surface area contributed by atoms with E-state index in [-0.39, 0.29) is 11.9 Å². The lowest BCUT2D eigenvalue weighted by atomic mass is 10.1. The van der Waals surface area contributed by atoms with E-state index in [1.165, 1.54) is 11.3 Å². The van der Waals surface area contributed by atoms with Crippen LogP contribution in [0.1, 0.15) is 17.3 Å². The molecule has 0 radical (unpaired) electrons. The lowest BCUT2D eigenvalue weighted by Crippen LogP contribution is -2.53. The number of nitrogens with one attached hydrogen (secondary N) is 2. The third-order valence-electron chi connectivity index (χ3n) is 5.19. The van der Waals surface area contributed by atoms with Crippen LogP contribution in [0.25, 0.3) is 10.2 Å². The summed E-state index contributed by atoms with van der Waals surface area (Å²) in [5, 5.41) is 7.06. The molecule has 3 aliphatic rings. The van der Waals surface area contributed by atoms with Gasteiger partial charge in [-0.05, 0) is 25.1 Å².